The van der Waals surface area contributed by atoms with Gasteiger partial charge in [-0.2, -0.15) is 5.10 Å². The Balaban J connectivity index is 2.72. The van der Waals surface area contributed by atoms with E-state index in [9.17, 15) is 0 Å². The summed E-state index contributed by atoms with van der Waals surface area (Å²) in [5.41, 5.74) is 1.88. The lowest BCUT2D eigenvalue weighted by Crippen LogP contribution is -2.05. The van der Waals surface area contributed by atoms with E-state index < -0.39 is 0 Å². The Hall–Kier alpha value is 0.270. The van der Waals surface area contributed by atoms with Gasteiger partial charge in [0.2, 0.25) is 0 Å². The summed E-state index contributed by atoms with van der Waals surface area (Å²) in [5, 5.41) is 5.04. The first-order chi connectivity index (χ1) is 6.02. The van der Waals surface area contributed by atoms with Crippen LogP contribution in [0.5, 0.6) is 0 Å². The predicted molar refractivity (Wildman–Crippen MR) is 59.9 cm³/mol. The Kier molecular flexibility index (Phi) is 4.07. The topological polar surface area (TPSA) is 17.8 Å². The van der Waals surface area contributed by atoms with Gasteiger partial charge in [-0.05, 0) is 20.3 Å². The molecule has 0 amide bonds. The van der Waals surface area contributed by atoms with Crippen LogP contribution in [0.3, 0.4) is 0 Å². The predicted octanol–water partition coefficient (Wildman–Crippen LogP) is 3.50. The molecule has 1 rings (SSSR count). The SMILES string of the molecule is Cc1nn(CCC(Cl)Br)c(C)c1Cl. The number of nitrogens with zero attached hydrogens (tertiary/aromatic N) is 2. The maximum atomic E-state index is 5.99. The fourth-order valence-electron chi connectivity index (χ4n) is 1.11. The van der Waals surface area contributed by atoms with E-state index in [-0.39, 0.29) is 4.29 Å². The van der Waals surface area contributed by atoms with Crippen molar-refractivity contribution in [2.75, 3.05) is 0 Å². The molecule has 0 saturated carbocycles. The highest BCUT2D eigenvalue weighted by Crippen LogP contribution is 2.20. The first-order valence-electron chi connectivity index (χ1n) is 4.00. The van der Waals surface area contributed by atoms with Gasteiger partial charge in [0.25, 0.3) is 0 Å². The van der Waals surface area contributed by atoms with Crippen molar-refractivity contribution in [3.63, 3.8) is 0 Å². The molecule has 0 saturated heterocycles. The van der Waals surface area contributed by atoms with Gasteiger partial charge in [-0.25, -0.2) is 0 Å². The van der Waals surface area contributed by atoms with Crippen LogP contribution in [0.25, 0.3) is 0 Å². The Bertz CT molecular complexity index is 297. The van der Waals surface area contributed by atoms with E-state index >= 15 is 0 Å². The van der Waals surface area contributed by atoms with E-state index in [0.717, 1.165) is 29.4 Å². The molecule has 1 heterocycles. The quantitative estimate of drug-likeness (QED) is 0.777. The minimum Gasteiger partial charge on any atom is -0.268 e. The van der Waals surface area contributed by atoms with Crippen LogP contribution in [0.2, 0.25) is 5.02 Å². The van der Waals surface area contributed by atoms with Crippen molar-refractivity contribution in [1.82, 2.24) is 9.78 Å². The van der Waals surface area contributed by atoms with Crippen LogP contribution >= 0.6 is 39.1 Å². The third kappa shape index (κ3) is 2.86. The van der Waals surface area contributed by atoms with Crippen molar-refractivity contribution < 1.29 is 0 Å². The van der Waals surface area contributed by atoms with Crippen molar-refractivity contribution in [3.8, 4) is 0 Å². The van der Waals surface area contributed by atoms with Crippen molar-refractivity contribution in [2.45, 2.75) is 31.1 Å². The molecule has 74 valence electrons. The van der Waals surface area contributed by atoms with Gasteiger partial charge >= 0.3 is 0 Å². The van der Waals surface area contributed by atoms with Crippen molar-refractivity contribution in [2.24, 2.45) is 0 Å². The van der Waals surface area contributed by atoms with E-state index in [2.05, 4.69) is 21.0 Å². The number of hydrogen-bond donors (Lipinski definition) is 0. The summed E-state index contributed by atoms with van der Waals surface area (Å²) in [6.45, 7) is 4.65. The minimum atomic E-state index is -0.00446. The van der Waals surface area contributed by atoms with E-state index in [4.69, 9.17) is 23.2 Å². The Labute approximate surface area is 96.3 Å². The molecule has 13 heavy (non-hydrogen) atoms. The van der Waals surface area contributed by atoms with Crippen LogP contribution in [0.15, 0.2) is 0 Å². The molecule has 1 aromatic heterocycles. The molecular weight excluding hydrogens is 275 g/mol. The number of rotatable bonds is 3. The van der Waals surface area contributed by atoms with Gasteiger partial charge in [-0.3, -0.25) is 4.68 Å². The maximum Gasteiger partial charge on any atom is 0.0903 e. The summed E-state index contributed by atoms with van der Waals surface area (Å²) < 4.78 is 1.88. The zero-order valence-electron chi connectivity index (χ0n) is 7.52. The zero-order chi connectivity index (χ0) is 10.0. The number of aryl methyl sites for hydroxylation is 2. The van der Waals surface area contributed by atoms with Gasteiger partial charge in [0.15, 0.2) is 0 Å². The number of hydrogen-bond acceptors (Lipinski definition) is 1. The fourth-order valence-corrected chi connectivity index (χ4v) is 1.55. The third-order valence-electron chi connectivity index (χ3n) is 1.85. The molecule has 0 N–H and O–H groups in total. The molecule has 0 aliphatic rings. The van der Waals surface area contributed by atoms with E-state index in [1.807, 2.05) is 18.5 Å². The summed E-state index contributed by atoms with van der Waals surface area (Å²) in [6, 6.07) is 0. The van der Waals surface area contributed by atoms with Crippen molar-refractivity contribution in [1.29, 1.82) is 0 Å². The number of aromatic nitrogens is 2. The second-order valence-electron chi connectivity index (χ2n) is 2.89. The summed E-state index contributed by atoms with van der Waals surface area (Å²) in [5.74, 6) is 0. The van der Waals surface area contributed by atoms with Crippen LogP contribution in [-0.2, 0) is 6.54 Å². The first-order valence-corrected chi connectivity index (χ1v) is 5.73. The average molecular weight is 286 g/mol. The normalized spacial score (nSPS) is 13.3. The van der Waals surface area contributed by atoms with Crippen molar-refractivity contribution in [3.05, 3.63) is 16.4 Å². The molecule has 0 fully saturated rings. The third-order valence-corrected chi connectivity index (χ3v) is 3.08. The molecule has 0 aromatic carbocycles. The van der Waals surface area contributed by atoms with Gasteiger partial charge in [0, 0.05) is 6.54 Å². The van der Waals surface area contributed by atoms with Gasteiger partial charge < -0.3 is 0 Å². The van der Waals surface area contributed by atoms with Gasteiger partial charge in [-0.15, -0.1) is 11.6 Å². The molecule has 1 unspecified atom stereocenters. The summed E-state index contributed by atoms with van der Waals surface area (Å²) in [7, 11) is 0. The number of halogens is 3. The largest absolute Gasteiger partial charge is 0.268 e. The standard InChI is InChI=1S/C8H11BrCl2N2/c1-5-8(11)6(2)13(12-5)4-3-7(9)10/h7H,3-4H2,1-2H3. The molecule has 5 heteroatoms. The number of alkyl halides is 2. The molecular formula is C8H11BrCl2N2. The van der Waals surface area contributed by atoms with E-state index in [1.165, 1.54) is 0 Å². The molecule has 0 aliphatic heterocycles. The monoisotopic (exact) mass is 284 g/mol. The van der Waals surface area contributed by atoms with Crippen LogP contribution < -0.4 is 0 Å². The summed E-state index contributed by atoms with van der Waals surface area (Å²) in [6.07, 6.45) is 0.833. The molecule has 0 aliphatic carbocycles. The molecule has 0 radical (unpaired) electrons. The van der Waals surface area contributed by atoms with Crippen molar-refractivity contribution >= 4 is 39.1 Å². The lowest BCUT2D eigenvalue weighted by atomic mass is 10.4. The maximum absolute atomic E-state index is 5.99. The van der Waals surface area contributed by atoms with E-state index in [0.29, 0.717) is 0 Å². The van der Waals surface area contributed by atoms with Gasteiger partial charge in [0.05, 0.1) is 20.7 Å². The van der Waals surface area contributed by atoms with Gasteiger partial charge in [-0.1, -0.05) is 27.5 Å². The lowest BCUT2D eigenvalue weighted by molar-refractivity contribution is 0.580. The van der Waals surface area contributed by atoms with Crippen LogP contribution in [0.1, 0.15) is 17.8 Å². The summed E-state index contributed by atoms with van der Waals surface area (Å²) >= 11 is 15.0. The highest BCUT2D eigenvalue weighted by Gasteiger charge is 2.09. The Morgan fingerprint density at radius 2 is 2.15 bits per heavy atom. The second-order valence-corrected chi connectivity index (χ2v) is 5.42. The molecule has 0 spiro atoms. The Morgan fingerprint density at radius 3 is 2.54 bits per heavy atom. The molecule has 0 bridgehead atoms. The molecule has 1 aromatic rings. The summed E-state index contributed by atoms with van der Waals surface area (Å²) in [4.78, 5) is 0. The first kappa shape index (κ1) is 11.3. The highest BCUT2D eigenvalue weighted by atomic mass is 79.9. The van der Waals surface area contributed by atoms with E-state index in [1.54, 1.807) is 0 Å². The molecule has 1 atom stereocenters. The minimum absolute atomic E-state index is 0.00446. The van der Waals surface area contributed by atoms with Crippen LogP contribution in [-0.4, -0.2) is 14.1 Å². The van der Waals surface area contributed by atoms with Crippen LogP contribution in [0.4, 0.5) is 0 Å². The van der Waals surface area contributed by atoms with Gasteiger partial charge in [0.1, 0.15) is 0 Å². The van der Waals surface area contributed by atoms with Crippen LogP contribution in [0, 0.1) is 13.8 Å². The fraction of sp³-hybridized carbons (Fsp3) is 0.625. The second kappa shape index (κ2) is 4.67. The zero-order valence-corrected chi connectivity index (χ0v) is 10.6. The lowest BCUT2D eigenvalue weighted by Gasteiger charge is -2.04. The highest BCUT2D eigenvalue weighted by molar-refractivity contribution is 9.10. The molecule has 2 nitrogen and oxygen atoms in total. The Morgan fingerprint density at radius 1 is 1.54 bits per heavy atom. The average Bonchev–Trinajstić information content (AvgIpc) is 2.29. The smallest absolute Gasteiger partial charge is 0.0903 e.